The summed E-state index contributed by atoms with van der Waals surface area (Å²) in [5.74, 6) is -0.431. The quantitative estimate of drug-likeness (QED) is 0.313. The van der Waals surface area contributed by atoms with Crippen LogP contribution in [0.5, 0.6) is 5.75 Å². The number of esters is 1. The van der Waals surface area contributed by atoms with E-state index in [1.165, 1.54) is 24.3 Å². The largest absolute Gasteiger partial charge is 0.422 e. The van der Waals surface area contributed by atoms with Crippen molar-refractivity contribution in [3.8, 4) is 16.9 Å². The maximum absolute atomic E-state index is 13.2. The Hall–Kier alpha value is -3.46. The highest BCUT2D eigenvalue weighted by Crippen LogP contribution is 2.27. The lowest BCUT2D eigenvalue weighted by Crippen LogP contribution is -2.18. The molecule has 1 heterocycles. The fourth-order valence-electron chi connectivity index (χ4n) is 3.34. The van der Waals surface area contributed by atoms with Crippen LogP contribution in [0.3, 0.4) is 0 Å². The SMILES string of the molecule is NS(=O)(=O)c1ccc(OC(=O)c2c(-c3ccc(Cl)cc3)cnn2CCc2ccccc2)cc1. The minimum Gasteiger partial charge on any atom is -0.422 e. The van der Waals surface area contributed by atoms with Gasteiger partial charge in [0.05, 0.1) is 11.1 Å². The number of carbonyl (C=O) groups is 1. The van der Waals surface area contributed by atoms with Crippen molar-refractivity contribution in [2.45, 2.75) is 17.9 Å². The second-order valence-electron chi connectivity index (χ2n) is 7.28. The van der Waals surface area contributed by atoms with Gasteiger partial charge in [-0.15, -0.1) is 0 Å². The number of nitrogens with two attached hydrogens (primary N) is 1. The second-order valence-corrected chi connectivity index (χ2v) is 9.28. The van der Waals surface area contributed by atoms with Crippen LogP contribution in [0.2, 0.25) is 5.02 Å². The van der Waals surface area contributed by atoms with Crippen molar-refractivity contribution in [1.29, 1.82) is 0 Å². The molecule has 33 heavy (non-hydrogen) atoms. The first kappa shape index (κ1) is 22.7. The Labute approximate surface area is 196 Å². The van der Waals surface area contributed by atoms with E-state index in [9.17, 15) is 13.2 Å². The number of nitrogens with zero attached hydrogens (tertiary/aromatic N) is 2. The lowest BCUT2D eigenvalue weighted by atomic mass is 10.1. The van der Waals surface area contributed by atoms with Crippen molar-refractivity contribution in [2.75, 3.05) is 0 Å². The number of benzene rings is 3. The zero-order valence-electron chi connectivity index (χ0n) is 17.4. The van der Waals surface area contributed by atoms with Crippen molar-refractivity contribution in [1.82, 2.24) is 9.78 Å². The van der Waals surface area contributed by atoms with Crippen molar-refractivity contribution in [2.24, 2.45) is 5.14 Å². The third kappa shape index (κ3) is 5.48. The highest BCUT2D eigenvalue weighted by molar-refractivity contribution is 7.89. The predicted octanol–water partition coefficient (Wildman–Crippen LogP) is 4.31. The fraction of sp³-hybridized carbons (Fsp3) is 0.0833. The van der Waals surface area contributed by atoms with Gasteiger partial charge < -0.3 is 4.74 Å². The Morgan fingerprint density at radius 2 is 1.64 bits per heavy atom. The van der Waals surface area contributed by atoms with E-state index in [1.54, 1.807) is 35.1 Å². The first-order valence-corrected chi connectivity index (χ1v) is 11.9. The van der Waals surface area contributed by atoms with Crippen molar-refractivity contribution in [3.05, 3.63) is 101 Å². The number of primary sulfonamides is 1. The molecule has 0 saturated heterocycles. The van der Waals surface area contributed by atoms with Gasteiger partial charge in [-0.1, -0.05) is 54.1 Å². The molecule has 4 rings (SSSR count). The molecule has 9 heteroatoms. The molecule has 0 fully saturated rings. The molecule has 0 spiro atoms. The third-order valence-electron chi connectivity index (χ3n) is 5.01. The maximum atomic E-state index is 13.2. The van der Waals surface area contributed by atoms with E-state index in [0.717, 1.165) is 11.1 Å². The molecule has 0 radical (unpaired) electrons. The molecule has 168 valence electrons. The molecule has 1 aromatic heterocycles. The molecule has 0 atom stereocenters. The number of hydrogen-bond acceptors (Lipinski definition) is 5. The molecule has 7 nitrogen and oxygen atoms in total. The molecule has 0 bridgehead atoms. The summed E-state index contributed by atoms with van der Waals surface area (Å²) in [6.45, 7) is 0.465. The van der Waals surface area contributed by atoms with E-state index in [2.05, 4.69) is 5.10 Å². The lowest BCUT2D eigenvalue weighted by Gasteiger charge is -2.11. The number of aromatic nitrogens is 2. The van der Waals surface area contributed by atoms with Crippen molar-refractivity contribution in [3.63, 3.8) is 0 Å². The monoisotopic (exact) mass is 481 g/mol. The highest BCUT2D eigenvalue weighted by Gasteiger charge is 2.22. The minimum atomic E-state index is -3.84. The first-order valence-electron chi connectivity index (χ1n) is 10.0. The van der Waals surface area contributed by atoms with Gasteiger partial charge in [0.2, 0.25) is 10.0 Å². The van der Waals surface area contributed by atoms with Crippen LogP contribution < -0.4 is 9.88 Å². The van der Waals surface area contributed by atoms with Crippen LogP contribution in [0.15, 0.2) is 90.0 Å². The van der Waals surface area contributed by atoms with Gasteiger partial charge in [-0.3, -0.25) is 4.68 Å². The number of rotatable bonds is 7. The van der Waals surface area contributed by atoms with Crippen LogP contribution in [0.1, 0.15) is 16.1 Å². The number of halogens is 1. The molecule has 2 N–H and O–H groups in total. The van der Waals surface area contributed by atoms with E-state index in [0.29, 0.717) is 23.6 Å². The molecule has 0 unspecified atom stereocenters. The number of carbonyl (C=O) groups excluding carboxylic acids is 1. The van der Waals surface area contributed by atoms with Gasteiger partial charge in [-0.05, 0) is 53.9 Å². The summed E-state index contributed by atoms with van der Waals surface area (Å²) in [7, 11) is -3.84. The summed E-state index contributed by atoms with van der Waals surface area (Å²) in [5, 5.41) is 10.1. The molecule has 0 aliphatic carbocycles. The normalized spacial score (nSPS) is 11.3. The summed E-state index contributed by atoms with van der Waals surface area (Å²) >= 11 is 6.01. The minimum absolute atomic E-state index is 0.0722. The van der Waals surface area contributed by atoms with E-state index < -0.39 is 16.0 Å². The van der Waals surface area contributed by atoms with Crippen molar-refractivity contribution >= 4 is 27.6 Å². The Kier molecular flexibility index (Phi) is 6.60. The van der Waals surface area contributed by atoms with Gasteiger partial charge in [0, 0.05) is 17.1 Å². The summed E-state index contributed by atoms with van der Waals surface area (Å²) in [4.78, 5) is 13.1. The average molecular weight is 482 g/mol. The Morgan fingerprint density at radius 3 is 2.27 bits per heavy atom. The molecular formula is C24H20ClN3O4S. The Bertz CT molecular complexity index is 1370. The van der Waals surface area contributed by atoms with E-state index in [1.807, 2.05) is 30.3 Å². The zero-order chi connectivity index (χ0) is 23.4. The van der Waals surface area contributed by atoms with Crippen LogP contribution in [0.4, 0.5) is 0 Å². The standard InChI is InChI=1S/C24H20ClN3O4S/c25-19-8-6-18(7-9-19)22-16-27-28(15-14-17-4-2-1-3-5-17)23(22)24(29)32-20-10-12-21(13-11-20)33(26,30)31/h1-13,16H,14-15H2,(H2,26,30,31). The van der Waals surface area contributed by atoms with Gasteiger partial charge >= 0.3 is 5.97 Å². The smallest absolute Gasteiger partial charge is 0.362 e. The number of ether oxygens (including phenoxy) is 1. The van der Waals surface area contributed by atoms with Crippen LogP contribution in [-0.2, 0) is 23.0 Å². The summed E-state index contributed by atoms with van der Waals surface area (Å²) < 4.78 is 30.1. The Morgan fingerprint density at radius 1 is 0.970 bits per heavy atom. The Balaban J connectivity index is 1.65. The number of hydrogen-bond donors (Lipinski definition) is 1. The van der Waals surface area contributed by atoms with Gasteiger partial charge in [-0.25, -0.2) is 18.4 Å². The molecular weight excluding hydrogens is 462 g/mol. The number of sulfonamides is 1. The molecule has 4 aromatic rings. The lowest BCUT2D eigenvalue weighted by molar-refractivity contribution is 0.0722. The maximum Gasteiger partial charge on any atom is 0.362 e. The average Bonchev–Trinajstić information content (AvgIpc) is 3.23. The molecule has 0 saturated carbocycles. The van der Waals surface area contributed by atoms with Crippen LogP contribution in [-0.4, -0.2) is 24.2 Å². The number of aryl methyl sites for hydroxylation is 2. The fourth-order valence-corrected chi connectivity index (χ4v) is 3.98. The van der Waals surface area contributed by atoms with Crippen LogP contribution in [0.25, 0.3) is 11.1 Å². The topological polar surface area (TPSA) is 104 Å². The van der Waals surface area contributed by atoms with E-state index in [-0.39, 0.29) is 16.3 Å². The van der Waals surface area contributed by atoms with Gasteiger partial charge in [0.25, 0.3) is 0 Å². The molecule has 0 aliphatic heterocycles. The van der Waals surface area contributed by atoms with Gasteiger partial charge in [0.15, 0.2) is 5.69 Å². The molecule has 0 aliphatic rings. The predicted molar refractivity (Wildman–Crippen MR) is 126 cm³/mol. The third-order valence-corrected chi connectivity index (χ3v) is 6.19. The van der Waals surface area contributed by atoms with E-state index >= 15 is 0 Å². The highest BCUT2D eigenvalue weighted by atomic mass is 35.5. The summed E-state index contributed by atoms with van der Waals surface area (Å²) in [6.07, 6.45) is 2.29. The van der Waals surface area contributed by atoms with Gasteiger partial charge in [-0.2, -0.15) is 5.10 Å². The van der Waals surface area contributed by atoms with Gasteiger partial charge in [0.1, 0.15) is 5.75 Å². The second kappa shape index (κ2) is 9.58. The summed E-state index contributed by atoms with van der Waals surface area (Å²) in [5.41, 5.74) is 2.76. The zero-order valence-corrected chi connectivity index (χ0v) is 19.0. The van der Waals surface area contributed by atoms with E-state index in [4.69, 9.17) is 21.5 Å². The first-order chi connectivity index (χ1) is 15.8. The van der Waals surface area contributed by atoms with Crippen LogP contribution >= 0.6 is 11.6 Å². The van der Waals surface area contributed by atoms with Crippen molar-refractivity contribution < 1.29 is 17.9 Å². The summed E-state index contributed by atoms with van der Waals surface area (Å²) in [6, 6.07) is 22.3. The molecule has 0 amide bonds. The molecule has 3 aromatic carbocycles. The van der Waals surface area contributed by atoms with Crippen LogP contribution in [0, 0.1) is 0 Å².